The Balaban J connectivity index is 1.41. The van der Waals surface area contributed by atoms with Gasteiger partial charge in [-0.15, -0.1) is 0 Å². The summed E-state index contributed by atoms with van der Waals surface area (Å²) in [6.45, 7) is 5.32. The van der Waals surface area contributed by atoms with E-state index in [-0.39, 0.29) is 0 Å². The molecule has 2 aliphatic rings. The first-order valence-electron chi connectivity index (χ1n) is 12.4. The second-order valence-electron chi connectivity index (χ2n) is 9.93. The van der Waals surface area contributed by atoms with Crippen molar-refractivity contribution in [3.8, 4) is 0 Å². The van der Waals surface area contributed by atoms with E-state index in [9.17, 15) is 0 Å². The van der Waals surface area contributed by atoms with Gasteiger partial charge in [0.15, 0.2) is 0 Å². The molecule has 0 saturated heterocycles. The second-order valence-corrected chi connectivity index (χ2v) is 9.93. The molecule has 0 atom stereocenters. The number of rotatable bonds is 5. The molecule has 162 valence electrons. The number of hydrogen-bond acceptors (Lipinski definition) is 1. The molecule has 2 heteroatoms. The van der Waals surface area contributed by atoms with Gasteiger partial charge in [-0.3, -0.25) is 4.98 Å². The molecule has 5 rings (SSSR count). The molecule has 0 bridgehead atoms. The minimum Gasteiger partial charge on any atom is -0.344 e. The molecule has 1 aromatic carbocycles. The SMILES string of the molecule is Cc1ccc2c(c1)c1c(n2CCc2ccc(C)nc2)CCC(CC2CCCCC2)=CC1. The lowest BCUT2D eigenvalue weighted by Gasteiger charge is -2.22. The van der Waals surface area contributed by atoms with Crippen LogP contribution in [0.4, 0.5) is 0 Å². The van der Waals surface area contributed by atoms with Crippen LogP contribution in [0, 0.1) is 19.8 Å². The van der Waals surface area contributed by atoms with Crippen molar-refractivity contribution in [3.05, 3.63) is 76.3 Å². The zero-order chi connectivity index (χ0) is 21.2. The van der Waals surface area contributed by atoms with E-state index in [1.807, 2.05) is 6.20 Å². The van der Waals surface area contributed by atoms with E-state index < -0.39 is 0 Å². The Morgan fingerprint density at radius 1 is 1.00 bits per heavy atom. The first kappa shape index (κ1) is 20.5. The van der Waals surface area contributed by atoms with Gasteiger partial charge in [-0.1, -0.05) is 61.4 Å². The summed E-state index contributed by atoms with van der Waals surface area (Å²) >= 11 is 0. The summed E-state index contributed by atoms with van der Waals surface area (Å²) in [6.07, 6.45) is 17.8. The molecular formula is C29H36N2. The predicted octanol–water partition coefficient (Wildman–Crippen LogP) is 7.28. The minimum atomic E-state index is 0.938. The summed E-state index contributed by atoms with van der Waals surface area (Å²) in [6, 6.07) is 11.4. The van der Waals surface area contributed by atoms with E-state index in [1.54, 1.807) is 16.8 Å². The van der Waals surface area contributed by atoms with Gasteiger partial charge in [-0.05, 0) is 81.2 Å². The maximum Gasteiger partial charge on any atom is 0.0485 e. The van der Waals surface area contributed by atoms with Gasteiger partial charge in [0.25, 0.3) is 0 Å². The van der Waals surface area contributed by atoms with Crippen LogP contribution >= 0.6 is 0 Å². The largest absolute Gasteiger partial charge is 0.344 e. The Labute approximate surface area is 187 Å². The Morgan fingerprint density at radius 2 is 1.87 bits per heavy atom. The van der Waals surface area contributed by atoms with Crippen LogP contribution in [0.3, 0.4) is 0 Å². The highest BCUT2D eigenvalue weighted by Crippen LogP contribution is 2.35. The van der Waals surface area contributed by atoms with Crippen LogP contribution in [0.2, 0.25) is 0 Å². The molecule has 0 N–H and O–H groups in total. The fourth-order valence-electron chi connectivity index (χ4n) is 5.82. The normalized spacial score (nSPS) is 17.4. The first-order chi connectivity index (χ1) is 15.2. The maximum absolute atomic E-state index is 4.50. The van der Waals surface area contributed by atoms with E-state index in [0.29, 0.717) is 0 Å². The van der Waals surface area contributed by atoms with Gasteiger partial charge in [0.1, 0.15) is 0 Å². The highest BCUT2D eigenvalue weighted by Gasteiger charge is 2.21. The van der Waals surface area contributed by atoms with Crippen molar-refractivity contribution in [1.29, 1.82) is 0 Å². The van der Waals surface area contributed by atoms with Gasteiger partial charge in [0, 0.05) is 35.0 Å². The number of aryl methyl sites for hydroxylation is 4. The van der Waals surface area contributed by atoms with Crippen LogP contribution in [-0.2, 0) is 25.8 Å². The van der Waals surface area contributed by atoms with E-state index >= 15 is 0 Å². The second kappa shape index (κ2) is 9.02. The molecule has 2 nitrogen and oxygen atoms in total. The van der Waals surface area contributed by atoms with Crippen molar-refractivity contribution in [2.45, 2.75) is 84.6 Å². The van der Waals surface area contributed by atoms with Crippen LogP contribution in [0.1, 0.15) is 73.0 Å². The van der Waals surface area contributed by atoms with Crippen LogP contribution in [0.15, 0.2) is 48.2 Å². The van der Waals surface area contributed by atoms with E-state index in [1.165, 1.54) is 73.4 Å². The summed E-state index contributed by atoms with van der Waals surface area (Å²) in [5, 5.41) is 1.48. The van der Waals surface area contributed by atoms with Crippen molar-refractivity contribution in [2.75, 3.05) is 0 Å². The Bertz CT molecular complexity index is 1080. The van der Waals surface area contributed by atoms with Crippen LogP contribution in [0.25, 0.3) is 10.9 Å². The van der Waals surface area contributed by atoms with Crippen molar-refractivity contribution >= 4 is 10.9 Å². The number of allylic oxidation sites excluding steroid dienone is 2. The Kier molecular flexibility index (Phi) is 5.98. The van der Waals surface area contributed by atoms with Crippen LogP contribution in [0.5, 0.6) is 0 Å². The lowest BCUT2D eigenvalue weighted by molar-refractivity contribution is 0.353. The van der Waals surface area contributed by atoms with E-state index in [4.69, 9.17) is 0 Å². The molecule has 2 heterocycles. The van der Waals surface area contributed by atoms with Crippen LogP contribution in [-0.4, -0.2) is 9.55 Å². The smallest absolute Gasteiger partial charge is 0.0485 e. The fourth-order valence-corrected chi connectivity index (χ4v) is 5.82. The maximum atomic E-state index is 4.50. The third kappa shape index (κ3) is 4.49. The zero-order valence-electron chi connectivity index (χ0n) is 19.3. The average molecular weight is 413 g/mol. The molecule has 0 amide bonds. The zero-order valence-corrected chi connectivity index (χ0v) is 19.3. The van der Waals surface area contributed by atoms with E-state index in [0.717, 1.165) is 31.0 Å². The van der Waals surface area contributed by atoms with Gasteiger partial charge < -0.3 is 4.57 Å². The Morgan fingerprint density at radius 3 is 2.68 bits per heavy atom. The van der Waals surface area contributed by atoms with Crippen LogP contribution < -0.4 is 0 Å². The summed E-state index contributed by atoms with van der Waals surface area (Å²) in [4.78, 5) is 4.50. The quantitative estimate of drug-likeness (QED) is 0.403. The van der Waals surface area contributed by atoms with Crippen molar-refractivity contribution < 1.29 is 0 Å². The number of benzene rings is 1. The van der Waals surface area contributed by atoms with Crippen molar-refractivity contribution in [2.24, 2.45) is 5.92 Å². The molecule has 31 heavy (non-hydrogen) atoms. The summed E-state index contributed by atoms with van der Waals surface area (Å²) in [7, 11) is 0. The number of fused-ring (bicyclic) bond motifs is 3. The number of hydrogen-bond donors (Lipinski definition) is 0. The average Bonchev–Trinajstić information content (AvgIpc) is 2.91. The molecule has 1 fully saturated rings. The number of nitrogens with zero attached hydrogens (tertiary/aromatic N) is 2. The summed E-state index contributed by atoms with van der Waals surface area (Å²) in [5.74, 6) is 0.938. The fraction of sp³-hybridized carbons (Fsp3) is 0.483. The third-order valence-electron chi connectivity index (χ3n) is 7.59. The molecule has 3 aromatic rings. The monoisotopic (exact) mass is 412 g/mol. The molecule has 0 unspecified atom stereocenters. The lowest BCUT2D eigenvalue weighted by Crippen LogP contribution is -2.09. The molecule has 1 saturated carbocycles. The molecule has 0 aliphatic heterocycles. The molecule has 2 aliphatic carbocycles. The highest BCUT2D eigenvalue weighted by molar-refractivity contribution is 5.86. The standard InChI is InChI=1S/C29H36N2/c1-21-8-14-29-27(18-21)26-13-11-24(19-23-6-4-3-5-7-23)12-15-28(26)31(29)17-16-25-10-9-22(2)30-20-25/h8-11,14,18,20,23H,3-7,12-13,15-17,19H2,1-2H3. The Hall–Kier alpha value is -2.35. The summed E-state index contributed by atoms with van der Waals surface area (Å²) < 4.78 is 2.63. The van der Waals surface area contributed by atoms with Crippen molar-refractivity contribution in [1.82, 2.24) is 9.55 Å². The number of aromatic nitrogens is 2. The topological polar surface area (TPSA) is 17.8 Å². The highest BCUT2D eigenvalue weighted by atomic mass is 15.0. The van der Waals surface area contributed by atoms with Gasteiger partial charge >= 0.3 is 0 Å². The minimum absolute atomic E-state index is 0.938. The molecule has 0 radical (unpaired) electrons. The predicted molar refractivity (Wildman–Crippen MR) is 131 cm³/mol. The molecule has 0 spiro atoms. The molecular weight excluding hydrogens is 376 g/mol. The van der Waals surface area contributed by atoms with Gasteiger partial charge in [0.2, 0.25) is 0 Å². The lowest BCUT2D eigenvalue weighted by atomic mass is 9.84. The molecule has 2 aromatic heterocycles. The van der Waals surface area contributed by atoms with Crippen molar-refractivity contribution in [3.63, 3.8) is 0 Å². The van der Waals surface area contributed by atoms with Gasteiger partial charge in [0.05, 0.1) is 0 Å². The summed E-state index contributed by atoms with van der Waals surface area (Å²) in [5.41, 5.74) is 10.1. The van der Waals surface area contributed by atoms with Gasteiger partial charge in [-0.25, -0.2) is 0 Å². The number of pyridine rings is 1. The third-order valence-corrected chi connectivity index (χ3v) is 7.59. The van der Waals surface area contributed by atoms with Gasteiger partial charge in [-0.2, -0.15) is 0 Å². The first-order valence-corrected chi connectivity index (χ1v) is 12.4. The van der Waals surface area contributed by atoms with E-state index in [2.05, 4.69) is 59.8 Å².